The highest BCUT2D eigenvalue weighted by molar-refractivity contribution is 14.0. The Kier molecular flexibility index (Phi) is 8.63. The van der Waals surface area contributed by atoms with Crippen LogP contribution in [0, 0.1) is 0 Å². The van der Waals surface area contributed by atoms with Gasteiger partial charge in [-0.3, -0.25) is 4.99 Å². The highest BCUT2D eigenvalue weighted by Gasteiger charge is 2.29. The molecular weight excluding hydrogens is 333 g/mol. The van der Waals surface area contributed by atoms with Crippen LogP contribution in [-0.4, -0.2) is 36.6 Å². The Balaban J connectivity index is 0.00000225. The summed E-state index contributed by atoms with van der Waals surface area (Å²) in [5.74, 6) is 2.24. The van der Waals surface area contributed by atoms with Crippen molar-refractivity contribution in [3.8, 4) is 0 Å². The minimum atomic E-state index is 0. The Morgan fingerprint density at radius 2 is 2.19 bits per heavy atom. The van der Waals surface area contributed by atoms with Gasteiger partial charge in [-0.1, -0.05) is 6.92 Å². The van der Waals surface area contributed by atoms with Crippen LogP contribution in [0.4, 0.5) is 0 Å². The first kappa shape index (κ1) is 16.4. The van der Waals surface area contributed by atoms with Crippen molar-refractivity contribution in [3.63, 3.8) is 0 Å². The molecule has 0 aromatic rings. The molecule has 1 fully saturated rings. The third kappa shape index (κ3) is 5.61. The van der Waals surface area contributed by atoms with Gasteiger partial charge in [-0.2, -0.15) is 11.8 Å². The van der Waals surface area contributed by atoms with Crippen LogP contribution in [0.5, 0.6) is 0 Å². The molecule has 0 aromatic carbocycles. The first-order valence-electron chi connectivity index (χ1n) is 5.78. The number of guanidine groups is 1. The van der Waals surface area contributed by atoms with Crippen molar-refractivity contribution >= 4 is 41.7 Å². The van der Waals surface area contributed by atoms with Crippen LogP contribution in [0.3, 0.4) is 0 Å². The zero-order valence-corrected chi connectivity index (χ0v) is 13.7. The van der Waals surface area contributed by atoms with E-state index in [1.807, 2.05) is 7.05 Å². The summed E-state index contributed by atoms with van der Waals surface area (Å²) in [7, 11) is 1.83. The minimum absolute atomic E-state index is 0. The van der Waals surface area contributed by atoms with Gasteiger partial charge in [-0.15, -0.1) is 24.0 Å². The van der Waals surface area contributed by atoms with Gasteiger partial charge in [0.2, 0.25) is 0 Å². The number of rotatable bonds is 4. The van der Waals surface area contributed by atoms with Crippen molar-refractivity contribution in [2.24, 2.45) is 4.99 Å². The van der Waals surface area contributed by atoms with Crippen molar-refractivity contribution in [1.29, 1.82) is 0 Å². The van der Waals surface area contributed by atoms with Crippen LogP contribution in [0.15, 0.2) is 4.99 Å². The lowest BCUT2D eigenvalue weighted by Gasteiger charge is -2.24. The fraction of sp³-hybridized carbons (Fsp3) is 0.909. The van der Waals surface area contributed by atoms with Crippen molar-refractivity contribution in [3.05, 3.63) is 0 Å². The molecule has 1 atom stereocenters. The van der Waals surface area contributed by atoms with E-state index < -0.39 is 0 Å². The Morgan fingerprint density at radius 1 is 1.44 bits per heavy atom. The Morgan fingerprint density at radius 3 is 2.69 bits per heavy atom. The normalized spacial score (nSPS) is 25.1. The molecule has 0 amide bonds. The lowest BCUT2D eigenvalue weighted by molar-refractivity contribution is 0.584. The average Bonchev–Trinajstić information content (AvgIpc) is 2.66. The molecule has 0 bridgehead atoms. The monoisotopic (exact) mass is 357 g/mol. The molecule has 96 valence electrons. The summed E-state index contributed by atoms with van der Waals surface area (Å²) in [4.78, 5) is 4.20. The first-order valence-corrected chi connectivity index (χ1v) is 6.77. The second-order valence-corrected chi connectivity index (χ2v) is 5.94. The molecule has 2 N–H and O–H groups in total. The van der Waals surface area contributed by atoms with Gasteiger partial charge >= 0.3 is 0 Å². The van der Waals surface area contributed by atoms with Gasteiger partial charge in [-0.05, 0) is 31.9 Å². The van der Waals surface area contributed by atoms with E-state index >= 15 is 0 Å². The van der Waals surface area contributed by atoms with Gasteiger partial charge in [0.05, 0.1) is 0 Å². The van der Waals surface area contributed by atoms with Crippen LogP contribution >= 0.6 is 35.7 Å². The van der Waals surface area contributed by atoms with Crippen LogP contribution in [0.1, 0.15) is 33.1 Å². The maximum Gasteiger partial charge on any atom is 0.191 e. The smallest absolute Gasteiger partial charge is 0.191 e. The van der Waals surface area contributed by atoms with E-state index in [1.165, 1.54) is 18.6 Å². The molecule has 1 heterocycles. The Labute approximate surface area is 121 Å². The topological polar surface area (TPSA) is 36.4 Å². The predicted octanol–water partition coefficient (Wildman–Crippen LogP) is 2.47. The van der Waals surface area contributed by atoms with E-state index in [9.17, 15) is 0 Å². The van der Waals surface area contributed by atoms with E-state index in [0.717, 1.165) is 25.5 Å². The summed E-state index contributed by atoms with van der Waals surface area (Å²) in [6, 6.07) is 0. The lowest BCUT2D eigenvalue weighted by atomic mass is 10.1. The first-order chi connectivity index (χ1) is 7.20. The quantitative estimate of drug-likeness (QED) is 0.461. The Bertz CT molecular complexity index is 215. The minimum Gasteiger partial charge on any atom is -0.356 e. The molecule has 1 aliphatic rings. The third-order valence-corrected chi connectivity index (χ3v) is 4.23. The van der Waals surface area contributed by atoms with Gasteiger partial charge in [0.1, 0.15) is 0 Å². The van der Waals surface area contributed by atoms with E-state index in [-0.39, 0.29) is 24.0 Å². The molecule has 0 aliphatic carbocycles. The highest BCUT2D eigenvalue weighted by atomic mass is 127. The Hall–Kier alpha value is 0.350. The number of hydrogen-bond donors (Lipinski definition) is 2. The summed E-state index contributed by atoms with van der Waals surface area (Å²) in [5, 5.41) is 6.69. The molecule has 1 saturated heterocycles. The number of halogens is 1. The molecule has 3 nitrogen and oxygen atoms in total. The lowest BCUT2D eigenvalue weighted by Crippen LogP contribution is -2.43. The standard InChI is InChI=1S/C11H23N3S.HI/c1-4-7-13-10(12-3)14-9-11(2)6-5-8-15-11;/h4-9H2,1-3H3,(H2,12,13,14);1H. The van der Waals surface area contributed by atoms with Crippen molar-refractivity contribution in [1.82, 2.24) is 10.6 Å². The van der Waals surface area contributed by atoms with Crippen molar-refractivity contribution in [2.75, 3.05) is 25.9 Å². The molecule has 16 heavy (non-hydrogen) atoms. The second-order valence-electron chi connectivity index (χ2n) is 4.25. The van der Waals surface area contributed by atoms with Gasteiger partial charge in [0.15, 0.2) is 5.96 Å². The van der Waals surface area contributed by atoms with Gasteiger partial charge in [0, 0.05) is 24.9 Å². The molecule has 0 radical (unpaired) electrons. The van der Waals surface area contributed by atoms with E-state index in [0.29, 0.717) is 4.75 Å². The van der Waals surface area contributed by atoms with Gasteiger partial charge < -0.3 is 10.6 Å². The molecule has 0 aromatic heterocycles. The molecule has 0 saturated carbocycles. The summed E-state index contributed by atoms with van der Waals surface area (Å²) in [5.41, 5.74) is 0. The zero-order chi connectivity index (χ0) is 11.1. The largest absolute Gasteiger partial charge is 0.356 e. The van der Waals surface area contributed by atoms with Crippen LogP contribution in [-0.2, 0) is 0 Å². The van der Waals surface area contributed by atoms with Crippen molar-refractivity contribution < 1.29 is 0 Å². The molecule has 1 aliphatic heterocycles. The zero-order valence-electron chi connectivity index (χ0n) is 10.5. The number of aliphatic imine (C=N–C) groups is 1. The highest BCUT2D eigenvalue weighted by Crippen LogP contribution is 2.36. The average molecular weight is 357 g/mol. The summed E-state index contributed by atoms with van der Waals surface area (Å²) in [6.45, 7) is 6.50. The molecule has 5 heteroatoms. The van der Waals surface area contributed by atoms with Gasteiger partial charge in [0.25, 0.3) is 0 Å². The van der Waals surface area contributed by atoms with Gasteiger partial charge in [-0.25, -0.2) is 0 Å². The van der Waals surface area contributed by atoms with Crippen molar-refractivity contribution in [2.45, 2.75) is 37.9 Å². The second kappa shape index (κ2) is 8.44. The van der Waals surface area contributed by atoms with Crippen LogP contribution in [0.25, 0.3) is 0 Å². The molecule has 0 spiro atoms. The number of nitrogens with zero attached hydrogens (tertiary/aromatic N) is 1. The van der Waals surface area contributed by atoms with E-state index in [1.54, 1.807) is 0 Å². The number of hydrogen-bond acceptors (Lipinski definition) is 2. The maximum absolute atomic E-state index is 4.20. The third-order valence-electron chi connectivity index (χ3n) is 2.70. The number of thioether (sulfide) groups is 1. The molecule has 1 unspecified atom stereocenters. The number of nitrogens with one attached hydrogen (secondary N) is 2. The summed E-state index contributed by atoms with van der Waals surface area (Å²) >= 11 is 2.08. The summed E-state index contributed by atoms with van der Waals surface area (Å²) in [6.07, 6.45) is 3.80. The fourth-order valence-electron chi connectivity index (χ4n) is 1.71. The van der Waals surface area contributed by atoms with E-state index in [4.69, 9.17) is 0 Å². The summed E-state index contributed by atoms with van der Waals surface area (Å²) < 4.78 is 0.407. The molecular formula is C11H24IN3S. The van der Waals surface area contributed by atoms with Crippen LogP contribution in [0.2, 0.25) is 0 Å². The van der Waals surface area contributed by atoms with Crippen LogP contribution < -0.4 is 10.6 Å². The SMILES string of the molecule is CCCNC(=NC)NCC1(C)CCCS1.I. The molecule has 1 rings (SSSR count). The fourth-order valence-corrected chi connectivity index (χ4v) is 2.96. The van der Waals surface area contributed by atoms with E-state index in [2.05, 4.69) is 41.2 Å². The maximum atomic E-state index is 4.20. The predicted molar refractivity (Wildman–Crippen MR) is 85.2 cm³/mol.